The second-order valence-electron chi connectivity index (χ2n) is 4.05. The van der Waals surface area contributed by atoms with Gasteiger partial charge in [0.15, 0.2) is 11.6 Å². The maximum absolute atomic E-state index is 13.6. The predicted octanol–water partition coefficient (Wildman–Crippen LogP) is 3.75. The standard InChI is InChI=1S/C13H8ClF2NO4S/c14-8-2-1-3-9(6-8)17-13(18)21-12-5-4-10(7-11(12)15)22(16,19)20/h1-7H,(H,17,18). The van der Waals surface area contributed by atoms with E-state index in [-0.39, 0.29) is 0 Å². The van der Waals surface area contributed by atoms with Gasteiger partial charge in [0.1, 0.15) is 4.90 Å². The number of halogens is 3. The van der Waals surface area contributed by atoms with Crippen molar-refractivity contribution in [1.29, 1.82) is 0 Å². The van der Waals surface area contributed by atoms with E-state index in [1.54, 1.807) is 12.1 Å². The number of nitrogens with one attached hydrogen (secondary N) is 1. The fourth-order valence-corrected chi connectivity index (χ4v) is 2.19. The van der Waals surface area contributed by atoms with E-state index < -0.39 is 32.8 Å². The first-order valence-electron chi connectivity index (χ1n) is 5.74. The number of hydrogen-bond acceptors (Lipinski definition) is 4. The molecule has 0 aliphatic carbocycles. The Morgan fingerprint density at radius 2 is 1.91 bits per heavy atom. The second kappa shape index (κ2) is 6.29. The average molecular weight is 348 g/mol. The topological polar surface area (TPSA) is 72.5 Å². The number of hydrogen-bond donors (Lipinski definition) is 1. The molecule has 0 atom stereocenters. The van der Waals surface area contributed by atoms with Gasteiger partial charge in [-0.25, -0.2) is 9.18 Å². The number of amides is 1. The molecule has 0 fully saturated rings. The highest BCUT2D eigenvalue weighted by Gasteiger charge is 2.17. The van der Waals surface area contributed by atoms with Crippen LogP contribution in [0, 0.1) is 5.82 Å². The monoisotopic (exact) mass is 347 g/mol. The van der Waals surface area contributed by atoms with Crippen LogP contribution >= 0.6 is 11.6 Å². The maximum Gasteiger partial charge on any atom is 0.417 e. The van der Waals surface area contributed by atoms with Gasteiger partial charge in [0, 0.05) is 10.7 Å². The van der Waals surface area contributed by atoms with E-state index in [1.807, 2.05) is 0 Å². The molecule has 22 heavy (non-hydrogen) atoms. The third-order valence-corrected chi connectivity index (χ3v) is 3.51. The normalized spacial score (nSPS) is 11.0. The molecule has 0 spiro atoms. The Morgan fingerprint density at radius 1 is 1.18 bits per heavy atom. The molecular weight excluding hydrogens is 340 g/mol. The van der Waals surface area contributed by atoms with Crippen molar-refractivity contribution in [3.05, 3.63) is 53.3 Å². The van der Waals surface area contributed by atoms with E-state index in [9.17, 15) is 21.5 Å². The lowest BCUT2D eigenvalue weighted by molar-refractivity contribution is 0.213. The highest BCUT2D eigenvalue weighted by molar-refractivity contribution is 7.86. The largest absolute Gasteiger partial charge is 0.417 e. The third-order valence-electron chi connectivity index (χ3n) is 2.46. The molecule has 0 saturated heterocycles. The van der Waals surface area contributed by atoms with E-state index >= 15 is 0 Å². The van der Waals surface area contributed by atoms with Crippen molar-refractivity contribution in [3.8, 4) is 5.75 Å². The second-order valence-corrected chi connectivity index (χ2v) is 5.84. The van der Waals surface area contributed by atoms with Gasteiger partial charge in [-0.3, -0.25) is 5.32 Å². The fraction of sp³-hybridized carbons (Fsp3) is 0. The van der Waals surface area contributed by atoms with Crippen LogP contribution < -0.4 is 10.1 Å². The molecule has 1 amide bonds. The zero-order valence-electron chi connectivity index (χ0n) is 10.7. The van der Waals surface area contributed by atoms with E-state index in [0.29, 0.717) is 16.8 Å². The molecule has 2 rings (SSSR count). The first kappa shape index (κ1) is 16.2. The van der Waals surface area contributed by atoms with Crippen LogP contribution in [-0.2, 0) is 10.2 Å². The number of carbonyl (C=O) groups is 1. The number of rotatable bonds is 3. The molecule has 116 valence electrons. The highest BCUT2D eigenvalue weighted by atomic mass is 35.5. The minimum absolute atomic E-state index is 0.320. The molecule has 0 unspecified atom stereocenters. The van der Waals surface area contributed by atoms with Gasteiger partial charge in [-0.05, 0) is 36.4 Å². The number of benzene rings is 2. The average Bonchev–Trinajstić information content (AvgIpc) is 2.39. The van der Waals surface area contributed by atoms with Crippen LogP contribution in [0.15, 0.2) is 47.4 Å². The first-order valence-corrected chi connectivity index (χ1v) is 7.50. The van der Waals surface area contributed by atoms with Crippen molar-refractivity contribution in [3.63, 3.8) is 0 Å². The van der Waals surface area contributed by atoms with Crippen molar-refractivity contribution in [2.24, 2.45) is 0 Å². The van der Waals surface area contributed by atoms with Crippen LogP contribution in [0.3, 0.4) is 0 Å². The highest BCUT2D eigenvalue weighted by Crippen LogP contribution is 2.23. The molecule has 2 aromatic rings. The summed E-state index contributed by atoms with van der Waals surface area (Å²) in [5, 5.41) is 2.68. The van der Waals surface area contributed by atoms with Gasteiger partial charge in [0.25, 0.3) is 0 Å². The van der Waals surface area contributed by atoms with Gasteiger partial charge in [0.2, 0.25) is 0 Å². The van der Waals surface area contributed by atoms with Gasteiger partial charge >= 0.3 is 16.3 Å². The summed E-state index contributed by atoms with van der Waals surface area (Å²) in [5.41, 5.74) is 0.320. The summed E-state index contributed by atoms with van der Waals surface area (Å²) < 4.78 is 52.2. The van der Waals surface area contributed by atoms with Crippen LogP contribution in [0.2, 0.25) is 5.02 Å². The summed E-state index contributed by atoms with van der Waals surface area (Å²) in [5.74, 6) is -1.74. The van der Waals surface area contributed by atoms with E-state index in [1.165, 1.54) is 12.1 Å². The Bertz CT molecular complexity index is 827. The Balaban J connectivity index is 2.12. The number of ether oxygens (including phenoxy) is 1. The fourth-order valence-electron chi connectivity index (χ4n) is 1.53. The molecule has 5 nitrogen and oxygen atoms in total. The zero-order valence-corrected chi connectivity index (χ0v) is 12.3. The van der Waals surface area contributed by atoms with Crippen LogP contribution in [0.5, 0.6) is 5.75 Å². The van der Waals surface area contributed by atoms with Crippen molar-refractivity contribution in [1.82, 2.24) is 0 Å². The van der Waals surface area contributed by atoms with Crippen molar-refractivity contribution in [2.45, 2.75) is 4.90 Å². The molecule has 0 aromatic heterocycles. The Kier molecular flexibility index (Phi) is 4.62. The Morgan fingerprint density at radius 3 is 2.50 bits per heavy atom. The van der Waals surface area contributed by atoms with Gasteiger partial charge in [-0.1, -0.05) is 17.7 Å². The molecule has 0 aliphatic heterocycles. The molecule has 0 bridgehead atoms. The zero-order chi connectivity index (χ0) is 16.3. The molecule has 0 aliphatic rings. The summed E-state index contributed by atoms with van der Waals surface area (Å²) in [6.45, 7) is 0. The van der Waals surface area contributed by atoms with Gasteiger partial charge in [-0.2, -0.15) is 8.42 Å². The molecule has 0 saturated carbocycles. The smallest absolute Gasteiger partial charge is 0.407 e. The van der Waals surface area contributed by atoms with Crippen molar-refractivity contribution >= 4 is 33.6 Å². The Labute approximate surface area is 129 Å². The van der Waals surface area contributed by atoms with Gasteiger partial charge in [-0.15, -0.1) is 3.89 Å². The molecular formula is C13H8ClF2NO4S. The SMILES string of the molecule is O=C(Nc1cccc(Cl)c1)Oc1ccc(S(=O)(=O)F)cc1F. The molecule has 1 N–H and O–H groups in total. The lowest BCUT2D eigenvalue weighted by Gasteiger charge is -2.08. The van der Waals surface area contributed by atoms with Gasteiger partial charge < -0.3 is 4.74 Å². The third kappa shape index (κ3) is 4.15. The molecule has 0 radical (unpaired) electrons. The van der Waals surface area contributed by atoms with Crippen LogP contribution in [-0.4, -0.2) is 14.5 Å². The summed E-state index contributed by atoms with van der Waals surface area (Å²) in [4.78, 5) is 10.7. The Hall–Kier alpha value is -2.19. The van der Waals surface area contributed by atoms with E-state index in [2.05, 4.69) is 10.1 Å². The van der Waals surface area contributed by atoms with E-state index in [4.69, 9.17) is 11.6 Å². The lowest BCUT2D eigenvalue weighted by atomic mass is 10.3. The molecule has 9 heteroatoms. The number of carbonyl (C=O) groups excluding carboxylic acids is 1. The van der Waals surface area contributed by atoms with Crippen LogP contribution in [0.25, 0.3) is 0 Å². The predicted molar refractivity (Wildman–Crippen MR) is 75.8 cm³/mol. The minimum Gasteiger partial charge on any atom is -0.407 e. The van der Waals surface area contributed by atoms with Crippen LogP contribution in [0.1, 0.15) is 0 Å². The summed E-state index contributed by atoms with van der Waals surface area (Å²) in [6.07, 6.45) is -1.02. The van der Waals surface area contributed by atoms with E-state index in [0.717, 1.165) is 12.1 Å². The summed E-state index contributed by atoms with van der Waals surface area (Å²) in [6, 6.07) is 8.17. The minimum atomic E-state index is -5.03. The summed E-state index contributed by atoms with van der Waals surface area (Å²) >= 11 is 5.73. The maximum atomic E-state index is 13.6. The molecule has 0 heterocycles. The first-order chi connectivity index (χ1) is 10.3. The summed E-state index contributed by atoms with van der Waals surface area (Å²) in [7, 11) is -5.03. The van der Waals surface area contributed by atoms with Crippen molar-refractivity contribution < 1.29 is 26.2 Å². The number of anilines is 1. The molecule has 2 aromatic carbocycles. The van der Waals surface area contributed by atoms with Crippen LogP contribution in [0.4, 0.5) is 18.8 Å². The van der Waals surface area contributed by atoms with Crippen molar-refractivity contribution in [2.75, 3.05) is 5.32 Å². The lowest BCUT2D eigenvalue weighted by Crippen LogP contribution is -2.17. The van der Waals surface area contributed by atoms with Gasteiger partial charge in [0.05, 0.1) is 0 Å². The quantitative estimate of drug-likeness (QED) is 0.858.